The molecule has 1 unspecified atom stereocenters. The molecule has 14 heavy (non-hydrogen) atoms. The fourth-order valence-electron chi connectivity index (χ4n) is 1.89. The lowest BCUT2D eigenvalue weighted by Crippen LogP contribution is -2.14. The smallest absolute Gasteiger partial charge is 0.164 e. The SMILES string of the molecule is CC1CCC(=O)c2c1ccc(Cl)c2Cl. The third-order valence-corrected chi connectivity index (χ3v) is 3.55. The second-order valence-corrected chi connectivity index (χ2v) is 4.47. The molecular weight excluding hydrogens is 219 g/mol. The second-order valence-electron chi connectivity index (χ2n) is 3.69. The van der Waals surface area contributed by atoms with Crippen molar-refractivity contribution in [3.05, 3.63) is 33.3 Å². The van der Waals surface area contributed by atoms with E-state index in [2.05, 4.69) is 6.92 Å². The first kappa shape index (κ1) is 10.0. The molecule has 0 saturated heterocycles. The monoisotopic (exact) mass is 228 g/mol. The van der Waals surface area contributed by atoms with Gasteiger partial charge < -0.3 is 0 Å². The highest BCUT2D eigenvalue weighted by Crippen LogP contribution is 2.38. The molecule has 1 aromatic rings. The van der Waals surface area contributed by atoms with Gasteiger partial charge in [-0.05, 0) is 24.0 Å². The Bertz CT molecular complexity index is 399. The summed E-state index contributed by atoms with van der Waals surface area (Å²) < 4.78 is 0. The van der Waals surface area contributed by atoms with Crippen molar-refractivity contribution in [2.75, 3.05) is 0 Å². The Hall–Kier alpha value is -0.530. The molecule has 1 aliphatic carbocycles. The number of rotatable bonds is 0. The van der Waals surface area contributed by atoms with E-state index >= 15 is 0 Å². The van der Waals surface area contributed by atoms with Crippen molar-refractivity contribution in [1.29, 1.82) is 0 Å². The lowest BCUT2D eigenvalue weighted by molar-refractivity contribution is 0.0968. The van der Waals surface area contributed by atoms with Crippen LogP contribution in [0.25, 0.3) is 0 Å². The number of benzene rings is 1. The fraction of sp³-hybridized carbons (Fsp3) is 0.364. The van der Waals surface area contributed by atoms with Gasteiger partial charge in [0, 0.05) is 12.0 Å². The van der Waals surface area contributed by atoms with E-state index in [1.807, 2.05) is 6.07 Å². The van der Waals surface area contributed by atoms with Crippen molar-refractivity contribution in [3.8, 4) is 0 Å². The number of halogens is 2. The number of carbonyl (C=O) groups is 1. The summed E-state index contributed by atoms with van der Waals surface area (Å²) in [5.74, 6) is 0.517. The largest absolute Gasteiger partial charge is 0.294 e. The lowest BCUT2D eigenvalue weighted by atomic mass is 9.83. The zero-order valence-corrected chi connectivity index (χ0v) is 9.32. The summed E-state index contributed by atoms with van der Waals surface area (Å²) in [6, 6.07) is 3.67. The van der Waals surface area contributed by atoms with Crippen LogP contribution in [-0.2, 0) is 0 Å². The zero-order valence-electron chi connectivity index (χ0n) is 7.81. The maximum Gasteiger partial charge on any atom is 0.164 e. The van der Waals surface area contributed by atoms with Gasteiger partial charge in [0.05, 0.1) is 10.0 Å². The molecule has 0 heterocycles. The van der Waals surface area contributed by atoms with Gasteiger partial charge in [0.15, 0.2) is 5.78 Å². The van der Waals surface area contributed by atoms with E-state index in [1.165, 1.54) is 0 Å². The molecule has 3 heteroatoms. The van der Waals surface area contributed by atoms with Crippen molar-refractivity contribution >= 4 is 29.0 Å². The van der Waals surface area contributed by atoms with Gasteiger partial charge in [0.2, 0.25) is 0 Å². The molecule has 0 fully saturated rings. The first-order valence-corrected chi connectivity index (χ1v) is 5.38. The van der Waals surface area contributed by atoms with Crippen LogP contribution in [0.1, 0.15) is 41.6 Å². The van der Waals surface area contributed by atoms with Crippen LogP contribution in [0, 0.1) is 0 Å². The van der Waals surface area contributed by atoms with Crippen LogP contribution in [0.15, 0.2) is 12.1 Å². The Kier molecular flexibility index (Phi) is 2.54. The van der Waals surface area contributed by atoms with Crippen LogP contribution in [-0.4, -0.2) is 5.78 Å². The molecule has 1 nitrogen and oxygen atoms in total. The van der Waals surface area contributed by atoms with Gasteiger partial charge in [-0.3, -0.25) is 4.79 Å². The standard InChI is InChI=1S/C11H10Cl2O/c1-6-2-5-9(14)10-7(6)3-4-8(12)11(10)13/h3-4,6H,2,5H2,1H3. The van der Waals surface area contributed by atoms with Crippen molar-refractivity contribution in [3.63, 3.8) is 0 Å². The molecule has 1 aliphatic rings. The summed E-state index contributed by atoms with van der Waals surface area (Å²) in [5.41, 5.74) is 1.67. The van der Waals surface area contributed by atoms with Crippen LogP contribution >= 0.6 is 23.2 Å². The number of hydrogen-bond acceptors (Lipinski definition) is 1. The Balaban J connectivity index is 2.67. The molecule has 1 atom stereocenters. The minimum atomic E-state index is 0.116. The molecule has 0 amide bonds. The summed E-state index contributed by atoms with van der Waals surface area (Å²) in [4.78, 5) is 11.7. The number of ketones is 1. The van der Waals surface area contributed by atoms with Gasteiger partial charge in [-0.1, -0.05) is 36.2 Å². The average Bonchev–Trinajstić information content (AvgIpc) is 2.16. The molecule has 1 aromatic carbocycles. The summed E-state index contributed by atoms with van der Waals surface area (Å²) in [7, 11) is 0. The highest BCUT2D eigenvalue weighted by Gasteiger charge is 2.25. The predicted molar refractivity (Wildman–Crippen MR) is 58.4 cm³/mol. The molecule has 0 aromatic heterocycles. The van der Waals surface area contributed by atoms with Crippen molar-refractivity contribution in [2.45, 2.75) is 25.7 Å². The number of carbonyl (C=O) groups excluding carboxylic acids is 1. The zero-order chi connectivity index (χ0) is 10.3. The van der Waals surface area contributed by atoms with Crippen LogP contribution < -0.4 is 0 Å². The fourth-order valence-corrected chi connectivity index (χ4v) is 2.32. The van der Waals surface area contributed by atoms with Gasteiger partial charge in [0.25, 0.3) is 0 Å². The van der Waals surface area contributed by atoms with E-state index in [0.29, 0.717) is 27.9 Å². The Morgan fingerprint density at radius 3 is 2.79 bits per heavy atom. The molecule has 0 radical (unpaired) electrons. The minimum Gasteiger partial charge on any atom is -0.294 e. The van der Waals surface area contributed by atoms with Gasteiger partial charge in [-0.25, -0.2) is 0 Å². The molecule has 74 valence electrons. The van der Waals surface area contributed by atoms with Crippen molar-refractivity contribution in [1.82, 2.24) is 0 Å². The second kappa shape index (κ2) is 3.56. The highest BCUT2D eigenvalue weighted by molar-refractivity contribution is 6.44. The minimum absolute atomic E-state index is 0.116. The summed E-state index contributed by atoms with van der Waals surface area (Å²) >= 11 is 11.9. The third kappa shape index (κ3) is 1.45. The maximum atomic E-state index is 11.7. The molecule has 2 rings (SSSR count). The molecule has 0 bridgehead atoms. The first-order valence-electron chi connectivity index (χ1n) is 4.62. The third-order valence-electron chi connectivity index (χ3n) is 2.74. The Morgan fingerprint density at radius 2 is 2.07 bits per heavy atom. The quantitative estimate of drug-likeness (QED) is 0.655. The molecule has 0 spiro atoms. The van der Waals surface area contributed by atoms with Crippen molar-refractivity contribution in [2.24, 2.45) is 0 Å². The van der Waals surface area contributed by atoms with Crippen molar-refractivity contribution < 1.29 is 4.79 Å². The normalized spacial score (nSPS) is 20.8. The molecule has 0 saturated carbocycles. The topological polar surface area (TPSA) is 17.1 Å². The summed E-state index contributed by atoms with van der Waals surface area (Å²) in [5, 5.41) is 0.883. The van der Waals surface area contributed by atoms with Gasteiger partial charge in [-0.2, -0.15) is 0 Å². The van der Waals surface area contributed by atoms with E-state index in [9.17, 15) is 4.79 Å². The number of Topliss-reactive ketones (excluding diaryl/α,β-unsaturated/α-hetero) is 1. The molecular formula is C11H10Cl2O. The van der Waals surface area contributed by atoms with Crippen LogP contribution in [0.5, 0.6) is 0 Å². The van der Waals surface area contributed by atoms with E-state index in [1.54, 1.807) is 6.07 Å². The van der Waals surface area contributed by atoms with Crippen LogP contribution in [0.4, 0.5) is 0 Å². The molecule has 0 aliphatic heterocycles. The summed E-state index contributed by atoms with van der Waals surface area (Å²) in [6.45, 7) is 2.11. The van der Waals surface area contributed by atoms with Gasteiger partial charge in [-0.15, -0.1) is 0 Å². The Labute approximate surface area is 93.0 Å². The maximum absolute atomic E-state index is 11.7. The van der Waals surface area contributed by atoms with E-state index in [0.717, 1.165) is 12.0 Å². The average molecular weight is 229 g/mol. The molecule has 0 N–H and O–H groups in total. The van der Waals surface area contributed by atoms with E-state index < -0.39 is 0 Å². The van der Waals surface area contributed by atoms with Gasteiger partial charge >= 0.3 is 0 Å². The predicted octanol–water partition coefficient (Wildman–Crippen LogP) is 4.07. The number of fused-ring (bicyclic) bond motifs is 1. The van der Waals surface area contributed by atoms with Gasteiger partial charge in [0.1, 0.15) is 0 Å². The lowest BCUT2D eigenvalue weighted by Gasteiger charge is -2.22. The number of hydrogen-bond donors (Lipinski definition) is 0. The first-order chi connectivity index (χ1) is 6.61. The Morgan fingerprint density at radius 1 is 1.36 bits per heavy atom. The van der Waals surface area contributed by atoms with E-state index in [4.69, 9.17) is 23.2 Å². The summed E-state index contributed by atoms with van der Waals surface area (Å²) in [6.07, 6.45) is 1.48. The van der Waals surface area contributed by atoms with Crippen LogP contribution in [0.3, 0.4) is 0 Å². The van der Waals surface area contributed by atoms with E-state index in [-0.39, 0.29) is 5.78 Å². The van der Waals surface area contributed by atoms with Crippen LogP contribution in [0.2, 0.25) is 10.0 Å². The highest BCUT2D eigenvalue weighted by atomic mass is 35.5.